The molecule has 2 unspecified atom stereocenters. The number of rotatable bonds is 0. The Bertz CT molecular complexity index is 1220. The second-order valence-corrected chi connectivity index (χ2v) is 7.79. The van der Waals surface area contributed by atoms with Crippen LogP contribution in [-0.4, -0.2) is 55.5 Å². The van der Waals surface area contributed by atoms with Crippen molar-refractivity contribution in [2.45, 2.75) is 31.8 Å². The van der Waals surface area contributed by atoms with Gasteiger partial charge in [0, 0.05) is 18.1 Å². The zero-order valence-electron chi connectivity index (χ0n) is 17.3. The fourth-order valence-electron chi connectivity index (χ4n) is 3.82. The predicted molar refractivity (Wildman–Crippen MR) is 119 cm³/mol. The lowest BCUT2D eigenvalue weighted by molar-refractivity contribution is 0.0312. The summed E-state index contributed by atoms with van der Waals surface area (Å²) in [5, 5.41) is 29.6. The van der Waals surface area contributed by atoms with E-state index in [1.165, 1.54) is 5.01 Å². The molecule has 3 heterocycles. The summed E-state index contributed by atoms with van der Waals surface area (Å²) in [6, 6.07) is 14.7. The van der Waals surface area contributed by atoms with Crippen LogP contribution in [0.15, 0.2) is 65.8 Å². The zero-order valence-corrected chi connectivity index (χ0v) is 17.3. The van der Waals surface area contributed by atoms with E-state index >= 15 is 0 Å². The van der Waals surface area contributed by atoms with Crippen molar-refractivity contribution in [3.05, 3.63) is 71.8 Å². The smallest absolute Gasteiger partial charge is 0.257 e. The number of aliphatic hydroxyl groups excluding tert-OH is 2. The first-order valence-electron chi connectivity index (χ1n) is 10.4. The van der Waals surface area contributed by atoms with Crippen LogP contribution in [0, 0.1) is 0 Å². The van der Waals surface area contributed by atoms with Gasteiger partial charge < -0.3 is 19.5 Å². The van der Waals surface area contributed by atoms with Gasteiger partial charge in [0.15, 0.2) is 6.23 Å². The van der Waals surface area contributed by atoms with Gasteiger partial charge >= 0.3 is 0 Å². The number of hydrogen-bond donors (Lipinski definition) is 3. The Morgan fingerprint density at radius 3 is 2.91 bits per heavy atom. The summed E-state index contributed by atoms with van der Waals surface area (Å²) < 4.78 is 7.53. The van der Waals surface area contributed by atoms with Crippen LogP contribution in [0.2, 0.25) is 0 Å². The van der Waals surface area contributed by atoms with Crippen LogP contribution >= 0.6 is 0 Å². The molecule has 0 saturated carbocycles. The topological polar surface area (TPSA) is 112 Å². The van der Waals surface area contributed by atoms with Crippen LogP contribution in [-0.2, 0) is 17.8 Å². The van der Waals surface area contributed by atoms with Crippen LogP contribution in [0.25, 0.3) is 11.0 Å². The Morgan fingerprint density at radius 2 is 2.00 bits per heavy atom. The first kappa shape index (κ1) is 20.2. The number of hydrazone groups is 1. The summed E-state index contributed by atoms with van der Waals surface area (Å²) in [5.41, 5.74) is 2.82. The Balaban J connectivity index is 1.53. The molecule has 9 nitrogen and oxygen atoms in total. The van der Waals surface area contributed by atoms with E-state index in [-0.39, 0.29) is 19.1 Å². The number of aliphatic hydroxyl groups is 2. The Labute approximate surface area is 184 Å². The van der Waals surface area contributed by atoms with Crippen molar-refractivity contribution < 1.29 is 19.7 Å². The number of fused-ring (bicyclic) bond motifs is 6. The van der Waals surface area contributed by atoms with Gasteiger partial charge in [-0.05, 0) is 35.9 Å². The number of amides is 1. The van der Waals surface area contributed by atoms with Gasteiger partial charge in [0.25, 0.3) is 5.91 Å². The maximum Gasteiger partial charge on any atom is 0.257 e. The molecule has 4 bridgehead atoms. The minimum atomic E-state index is -0.899. The molecule has 2 atom stereocenters. The molecule has 164 valence electrons. The van der Waals surface area contributed by atoms with Gasteiger partial charge in [0.2, 0.25) is 11.8 Å². The van der Waals surface area contributed by atoms with E-state index in [0.29, 0.717) is 30.4 Å². The first-order chi connectivity index (χ1) is 15.6. The molecule has 3 N–H and O–H groups in total. The number of hydrogen-bond acceptors (Lipinski definition) is 7. The normalized spacial score (nSPS) is 21.5. The minimum absolute atomic E-state index is 0.243. The molecule has 0 spiro atoms. The second kappa shape index (κ2) is 8.45. The van der Waals surface area contributed by atoms with E-state index < -0.39 is 12.3 Å². The monoisotopic (exact) mass is 433 g/mol. The van der Waals surface area contributed by atoms with Crippen LogP contribution in [0.4, 0.5) is 5.95 Å². The summed E-state index contributed by atoms with van der Waals surface area (Å²) in [5.74, 6) is 0.422. The van der Waals surface area contributed by atoms with Gasteiger partial charge in [-0.2, -0.15) is 0 Å². The number of nitrogens with one attached hydrogen (secondary N) is 1. The number of nitrogens with zero attached hydrogens (tertiary/aromatic N) is 4. The van der Waals surface area contributed by atoms with Gasteiger partial charge in [-0.3, -0.25) is 15.1 Å². The molecule has 0 fully saturated rings. The summed E-state index contributed by atoms with van der Waals surface area (Å²) in [6.45, 7) is 0.783. The highest BCUT2D eigenvalue weighted by atomic mass is 16.5. The third-order valence-electron chi connectivity index (χ3n) is 5.45. The molecule has 0 aliphatic carbocycles. The number of aromatic nitrogens is 2. The summed E-state index contributed by atoms with van der Waals surface area (Å²) >= 11 is 0. The van der Waals surface area contributed by atoms with E-state index in [9.17, 15) is 15.0 Å². The Morgan fingerprint density at radius 1 is 1.12 bits per heavy atom. The molecule has 1 aromatic heterocycles. The highest BCUT2D eigenvalue weighted by molar-refractivity contribution is 6.04. The van der Waals surface area contributed by atoms with Gasteiger partial charge in [-0.1, -0.05) is 24.3 Å². The SMILES string of the molecule is O=C1Nc2nc3ccccc3n2CC(O)CCOC2=NN(Cc3cccc1c3)C(O)C=C2. The molecule has 2 aliphatic rings. The third kappa shape index (κ3) is 4.08. The van der Waals surface area contributed by atoms with E-state index in [1.807, 2.05) is 34.9 Å². The Hall–Kier alpha value is -3.69. The van der Waals surface area contributed by atoms with Crippen molar-refractivity contribution in [3.63, 3.8) is 0 Å². The van der Waals surface area contributed by atoms with Crippen LogP contribution in [0.5, 0.6) is 0 Å². The third-order valence-corrected chi connectivity index (χ3v) is 5.45. The van der Waals surface area contributed by atoms with Crippen molar-refractivity contribution >= 4 is 28.8 Å². The van der Waals surface area contributed by atoms with Crippen molar-refractivity contribution in [1.29, 1.82) is 0 Å². The number of para-hydroxylation sites is 2. The van der Waals surface area contributed by atoms with Gasteiger partial charge in [-0.25, -0.2) is 4.98 Å². The molecule has 1 amide bonds. The number of ether oxygens (including phenoxy) is 1. The molecule has 5 rings (SSSR count). The first-order valence-corrected chi connectivity index (χ1v) is 10.4. The largest absolute Gasteiger partial charge is 0.477 e. The standard InChI is InChI=1S/C23H23N5O4/c29-17-10-11-32-20-8-9-21(30)28(26-20)13-15-4-3-5-16(12-15)22(31)25-23-24-18-6-1-2-7-19(18)27(23)14-17/h1-9,12,17,21,29-30H,10-11,13-14H2,(H,24,25,31). The number of imidazole rings is 1. The molecule has 3 aromatic rings. The summed E-state index contributed by atoms with van der Waals surface area (Å²) in [6.07, 6.45) is 1.93. The summed E-state index contributed by atoms with van der Waals surface area (Å²) in [7, 11) is 0. The molecule has 0 saturated heterocycles. The van der Waals surface area contributed by atoms with Crippen molar-refractivity contribution in [1.82, 2.24) is 14.6 Å². The maximum absolute atomic E-state index is 13.0. The van der Waals surface area contributed by atoms with Gasteiger partial charge in [-0.15, -0.1) is 5.10 Å². The average Bonchev–Trinajstić information content (AvgIpc) is 3.12. The fourth-order valence-corrected chi connectivity index (χ4v) is 3.82. The molecule has 2 aliphatic heterocycles. The second-order valence-electron chi connectivity index (χ2n) is 7.79. The fraction of sp³-hybridized carbons (Fsp3) is 0.261. The molecule has 32 heavy (non-hydrogen) atoms. The number of carbonyl (C=O) groups is 1. The summed E-state index contributed by atoms with van der Waals surface area (Å²) in [4.78, 5) is 17.6. The van der Waals surface area contributed by atoms with Gasteiger partial charge in [0.1, 0.15) is 0 Å². The Kier molecular flexibility index (Phi) is 5.34. The predicted octanol–water partition coefficient (Wildman–Crippen LogP) is 2.07. The number of carbonyl (C=O) groups excluding carboxylic acids is 1. The van der Waals surface area contributed by atoms with Gasteiger partial charge in [0.05, 0.1) is 36.8 Å². The van der Waals surface area contributed by atoms with Crippen molar-refractivity contribution in [2.75, 3.05) is 11.9 Å². The highest BCUT2D eigenvalue weighted by Gasteiger charge is 2.21. The van der Waals surface area contributed by atoms with Crippen LogP contribution in [0.1, 0.15) is 22.3 Å². The lowest BCUT2D eigenvalue weighted by Gasteiger charge is -2.27. The molecule has 0 radical (unpaired) electrons. The van der Waals surface area contributed by atoms with E-state index in [4.69, 9.17) is 4.74 Å². The van der Waals surface area contributed by atoms with E-state index in [2.05, 4.69) is 15.4 Å². The highest BCUT2D eigenvalue weighted by Crippen LogP contribution is 2.22. The lowest BCUT2D eigenvalue weighted by atomic mass is 10.1. The zero-order chi connectivity index (χ0) is 22.1. The van der Waals surface area contributed by atoms with E-state index in [0.717, 1.165) is 16.6 Å². The van der Waals surface area contributed by atoms with Crippen molar-refractivity contribution in [3.8, 4) is 0 Å². The minimum Gasteiger partial charge on any atom is -0.477 e. The average molecular weight is 433 g/mol. The lowest BCUT2D eigenvalue weighted by Crippen LogP contribution is -2.33. The number of benzene rings is 2. The quantitative estimate of drug-likeness (QED) is 0.500. The van der Waals surface area contributed by atoms with Crippen LogP contribution < -0.4 is 5.32 Å². The molecule has 2 aromatic carbocycles. The number of anilines is 1. The molecule has 9 heteroatoms. The molecular weight excluding hydrogens is 410 g/mol. The molecular formula is C23H23N5O4. The van der Waals surface area contributed by atoms with E-state index in [1.54, 1.807) is 30.4 Å². The van der Waals surface area contributed by atoms with Crippen LogP contribution in [0.3, 0.4) is 0 Å². The maximum atomic E-state index is 13.0. The van der Waals surface area contributed by atoms with Crippen molar-refractivity contribution in [2.24, 2.45) is 5.10 Å².